The summed E-state index contributed by atoms with van der Waals surface area (Å²) in [6.07, 6.45) is 5.34. The van der Waals surface area contributed by atoms with Crippen LogP contribution in [0.2, 0.25) is 0 Å². The maximum atomic E-state index is 12.7. The molecule has 1 aromatic carbocycles. The van der Waals surface area contributed by atoms with E-state index in [0.29, 0.717) is 29.6 Å². The third kappa shape index (κ3) is 4.95. The number of pyridine rings is 1. The Labute approximate surface area is 154 Å². The molecule has 0 aliphatic carbocycles. The van der Waals surface area contributed by atoms with Gasteiger partial charge in [-0.15, -0.1) is 0 Å². The van der Waals surface area contributed by atoms with Gasteiger partial charge in [-0.05, 0) is 49.9 Å². The molecule has 26 heavy (non-hydrogen) atoms. The van der Waals surface area contributed by atoms with Crippen molar-refractivity contribution in [3.8, 4) is 11.5 Å². The van der Waals surface area contributed by atoms with Gasteiger partial charge in [-0.25, -0.2) is 4.79 Å². The van der Waals surface area contributed by atoms with Gasteiger partial charge in [0, 0.05) is 32.5 Å². The number of aromatic nitrogens is 1. The van der Waals surface area contributed by atoms with Crippen molar-refractivity contribution in [3.63, 3.8) is 0 Å². The smallest absolute Gasteiger partial charge is 0.321 e. The van der Waals surface area contributed by atoms with Gasteiger partial charge in [0.15, 0.2) is 5.75 Å². The van der Waals surface area contributed by atoms with Crippen LogP contribution in [0.4, 0.5) is 10.5 Å². The maximum absolute atomic E-state index is 12.7. The normalized spacial score (nSPS) is 14.7. The average molecular weight is 355 g/mol. The van der Waals surface area contributed by atoms with Crippen molar-refractivity contribution in [2.75, 3.05) is 31.6 Å². The number of para-hydroxylation sites is 2. The van der Waals surface area contributed by atoms with E-state index in [-0.39, 0.29) is 6.03 Å². The molecule has 0 radical (unpaired) electrons. The van der Waals surface area contributed by atoms with Crippen molar-refractivity contribution in [2.24, 2.45) is 5.92 Å². The Morgan fingerprint density at radius 1 is 1.27 bits per heavy atom. The molecular formula is C20H25N3O3. The first-order chi connectivity index (χ1) is 12.8. The van der Waals surface area contributed by atoms with Gasteiger partial charge in [0.1, 0.15) is 5.75 Å². The molecule has 6 nitrogen and oxygen atoms in total. The topological polar surface area (TPSA) is 63.7 Å². The molecule has 1 saturated heterocycles. The van der Waals surface area contributed by atoms with Crippen molar-refractivity contribution >= 4 is 11.7 Å². The van der Waals surface area contributed by atoms with Gasteiger partial charge in [0.25, 0.3) is 0 Å². The number of benzene rings is 1. The number of ether oxygens (including phenoxy) is 2. The lowest BCUT2D eigenvalue weighted by Gasteiger charge is -2.29. The quantitative estimate of drug-likeness (QED) is 0.845. The molecule has 0 atom stereocenters. The molecule has 1 aromatic heterocycles. The Morgan fingerprint density at radius 3 is 2.81 bits per heavy atom. The van der Waals surface area contributed by atoms with Gasteiger partial charge in [-0.1, -0.05) is 12.1 Å². The van der Waals surface area contributed by atoms with E-state index in [1.54, 1.807) is 12.4 Å². The number of carbonyl (C=O) groups is 1. The summed E-state index contributed by atoms with van der Waals surface area (Å²) in [5.41, 5.74) is 0.645. The Kier molecular flexibility index (Phi) is 6.44. The summed E-state index contributed by atoms with van der Waals surface area (Å²) in [6.45, 7) is 4.97. The number of amides is 2. The largest absolute Gasteiger partial charge is 0.454 e. The van der Waals surface area contributed by atoms with E-state index in [1.165, 1.54) is 0 Å². The lowest BCUT2D eigenvalue weighted by atomic mass is 10.00. The van der Waals surface area contributed by atoms with Crippen molar-refractivity contribution in [1.82, 2.24) is 9.88 Å². The number of carbonyl (C=O) groups excluding carboxylic acids is 1. The van der Waals surface area contributed by atoms with Crippen molar-refractivity contribution in [3.05, 3.63) is 48.8 Å². The summed E-state index contributed by atoms with van der Waals surface area (Å²) in [6, 6.07) is 10.9. The molecule has 2 amide bonds. The highest BCUT2D eigenvalue weighted by Gasteiger charge is 2.21. The van der Waals surface area contributed by atoms with E-state index in [4.69, 9.17) is 9.47 Å². The molecule has 0 spiro atoms. The van der Waals surface area contributed by atoms with Gasteiger partial charge < -0.3 is 19.7 Å². The molecule has 3 rings (SSSR count). The van der Waals surface area contributed by atoms with Crippen LogP contribution in [0.3, 0.4) is 0 Å². The second-order valence-electron chi connectivity index (χ2n) is 6.31. The van der Waals surface area contributed by atoms with Gasteiger partial charge in [-0.2, -0.15) is 0 Å². The minimum Gasteiger partial charge on any atom is -0.454 e. The van der Waals surface area contributed by atoms with Gasteiger partial charge in [0.05, 0.1) is 11.9 Å². The molecular weight excluding hydrogens is 330 g/mol. The zero-order valence-corrected chi connectivity index (χ0v) is 15.1. The standard InChI is InChI=1S/C20H25N3O3/c1-2-23(15-16-9-12-25-13-10-16)20(24)22-18-7-3-4-8-19(18)26-17-6-5-11-21-14-17/h3-8,11,14,16H,2,9-10,12-13,15H2,1H3,(H,22,24). The van der Waals surface area contributed by atoms with E-state index in [9.17, 15) is 4.79 Å². The van der Waals surface area contributed by atoms with Crippen LogP contribution in [0.1, 0.15) is 19.8 Å². The van der Waals surface area contributed by atoms with Crippen molar-refractivity contribution in [1.29, 1.82) is 0 Å². The Morgan fingerprint density at radius 2 is 2.08 bits per heavy atom. The monoisotopic (exact) mass is 355 g/mol. The predicted molar refractivity (Wildman–Crippen MR) is 101 cm³/mol. The highest BCUT2D eigenvalue weighted by molar-refractivity contribution is 5.91. The highest BCUT2D eigenvalue weighted by Crippen LogP contribution is 2.29. The fourth-order valence-corrected chi connectivity index (χ4v) is 2.98. The molecule has 1 aliphatic rings. The predicted octanol–water partition coefficient (Wildman–Crippen LogP) is 4.15. The third-order valence-corrected chi connectivity index (χ3v) is 4.48. The van der Waals surface area contributed by atoms with Crippen molar-refractivity contribution < 1.29 is 14.3 Å². The fraction of sp³-hybridized carbons (Fsp3) is 0.400. The van der Waals surface area contributed by atoms with Crippen LogP contribution in [0.25, 0.3) is 0 Å². The molecule has 6 heteroatoms. The highest BCUT2D eigenvalue weighted by atomic mass is 16.5. The molecule has 138 valence electrons. The summed E-state index contributed by atoms with van der Waals surface area (Å²) >= 11 is 0. The van der Waals surface area contributed by atoms with Crippen LogP contribution in [-0.4, -0.2) is 42.2 Å². The summed E-state index contributed by atoms with van der Waals surface area (Å²) in [5.74, 6) is 1.72. The first-order valence-electron chi connectivity index (χ1n) is 9.07. The van der Waals surface area contributed by atoms with E-state index in [1.807, 2.05) is 48.2 Å². The Balaban J connectivity index is 1.66. The van der Waals surface area contributed by atoms with Crippen LogP contribution in [0, 0.1) is 5.92 Å². The fourth-order valence-electron chi connectivity index (χ4n) is 2.98. The van der Waals surface area contributed by atoms with E-state index in [0.717, 1.165) is 32.6 Å². The van der Waals surface area contributed by atoms with E-state index in [2.05, 4.69) is 10.3 Å². The van der Waals surface area contributed by atoms with Crippen LogP contribution < -0.4 is 10.1 Å². The number of urea groups is 1. The zero-order chi connectivity index (χ0) is 18.2. The minimum atomic E-state index is -0.110. The molecule has 1 fully saturated rings. The second-order valence-corrected chi connectivity index (χ2v) is 6.31. The lowest BCUT2D eigenvalue weighted by Crippen LogP contribution is -2.39. The van der Waals surface area contributed by atoms with Crippen molar-refractivity contribution in [2.45, 2.75) is 19.8 Å². The number of nitrogens with zero attached hydrogens (tertiary/aromatic N) is 2. The zero-order valence-electron chi connectivity index (χ0n) is 15.1. The molecule has 1 aliphatic heterocycles. The van der Waals surface area contributed by atoms with Crippen LogP contribution >= 0.6 is 0 Å². The number of hydrogen-bond donors (Lipinski definition) is 1. The van der Waals surface area contributed by atoms with E-state index < -0.39 is 0 Å². The maximum Gasteiger partial charge on any atom is 0.321 e. The number of rotatable bonds is 6. The van der Waals surface area contributed by atoms with Crippen LogP contribution in [0.5, 0.6) is 11.5 Å². The van der Waals surface area contributed by atoms with Gasteiger partial charge in [0.2, 0.25) is 0 Å². The molecule has 2 aromatic rings. The first kappa shape index (κ1) is 18.2. The minimum absolute atomic E-state index is 0.110. The summed E-state index contributed by atoms with van der Waals surface area (Å²) in [5, 5.41) is 2.98. The summed E-state index contributed by atoms with van der Waals surface area (Å²) < 4.78 is 11.3. The SMILES string of the molecule is CCN(CC1CCOCC1)C(=O)Nc1ccccc1Oc1cccnc1. The summed E-state index contributed by atoms with van der Waals surface area (Å²) in [7, 11) is 0. The van der Waals surface area contributed by atoms with E-state index >= 15 is 0 Å². The number of anilines is 1. The average Bonchev–Trinajstić information content (AvgIpc) is 2.69. The Bertz CT molecular complexity index is 702. The molecule has 0 unspecified atom stereocenters. The molecule has 0 saturated carbocycles. The van der Waals surface area contributed by atoms with Gasteiger partial charge in [-0.3, -0.25) is 4.98 Å². The lowest BCUT2D eigenvalue weighted by molar-refractivity contribution is 0.0576. The number of nitrogens with one attached hydrogen (secondary N) is 1. The third-order valence-electron chi connectivity index (χ3n) is 4.48. The first-order valence-corrected chi connectivity index (χ1v) is 9.07. The van der Waals surface area contributed by atoms with Crippen LogP contribution in [-0.2, 0) is 4.74 Å². The van der Waals surface area contributed by atoms with Gasteiger partial charge >= 0.3 is 6.03 Å². The van der Waals surface area contributed by atoms with Crippen LogP contribution in [0.15, 0.2) is 48.8 Å². The Hall–Kier alpha value is -2.60. The number of hydrogen-bond acceptors (Lipinski definition) is 4. The molecule has 1 N–H and O–H groups in total. The summed E-state index contributed by atoms with van der Waals surface area (Å²) in [4.78, 5) is 18.6. The molecule has 2 heterocycles. The second kappa shape index (κ2) is 9.20. The molecule has 0 bridgehead atoms.